The Morgan fingerprint density at radius 1 is 1.19 bits per heavy atom. The van der Waals surface area contributed by atoms with Crippen LogP contribution in [0.15, 0.2) is 12.1 Å². The number of hydrogen-bond acceptors (Lipinski definition) is 3. The van der Waals surface area contributed by atoms with Gasteiger partial charge in [0.2, 0.25) is 0 Å². The second-order valence-electron chi connectivity index (χ2n) is 5.73. The highest BCUT2D eigenvalue weighted by Gasteiger charge is 2.38. The lowest BCUT2D eigenvalue weighted by Crippen LogP contribution is -2.46. The van der Waals surface area contributed by atoms with Crippen LogP contribution < -0.4 is 5.32 Å². The molecule has 1 unspecified atom stereocenters. The van der Waals surface area contributed by atoms with Crippen LogP contribution >= 0.6 is 11.8 Å². The van der Waals surface area contributed by atoms with Crippen molar-refractivity contribution >= 4 is 17.4 Å². The van der Waals surface area contributed by atoms with Crippen LogP contribution in [-0.4, -0.2) is 29.8 Å². The molecular weight excluding hydrogens is 299 g/mol. The number of nitrogens with one attached hydrogen (secondary N) is 1. The third-order valence-corrected chi connectivity index (χ3v) is 5.24. The summed E-state index contributed by atoms with van der Waals surface area (Å²) in [6.45, 7) is 0.599. The molecule has 0 amide bonds. The van der Waals surface area contributed by atoms with Gasteiger partial charge in [0, 0.05) is 24.8 Å². The molecule has 2 nitrogen and oxygen atoms in total. The Morgan fingerprint density at radius 2 is 1.95 bits per heavy atom. The summed E-state index contributed by atoms with van der Waals surface area (Å²) in [4.78, 5) is 0. The number of anilines is 1. The van der Waals surface area contributed by atoms with E-state index in [1.165, 1.54) is 0 Å². The first kappa shape index (κ1) is 15.0. The van der Waals surface area contributed by atoms with E-state index in [9.17, 15) is 13.2 Å². The third-order valence-electron chi connectivity index (χ3n) is 4.25. The molecule has 1 atom stereocenters. The number of ether oxygens (including phenoxy) is 1. The van der Waals surface area contributed by atoms with Crippen molar-refractivity contribution in [3.05, 3.63) is 29.6 Å². The smallest absolute Gasteiger partial charge is 0.182 e. The molecule has 0 radical (unpaired) electrons. The van der Waals surface area contributed by atoms with Gasteiger partial charge >= 0.3 is 0 Å². The van der Waals surface area contributed by atoms with Gasteiger partial charge in [-0.25, -0.2) is 13.2 Å². The van der Waals surface area contributed by atoms with Crippen molar-refractivity contribution in [2.24, 2.45) is 0 Å². The van der Waals surface area contributed by atoms with Crippen molar-refractivity contribution in [3.63, 3.8) is 0 Å². The predicted molar refractivity (Wildman–Crippen MR) is 78.2 cm³/mol. The Kier molecular flexibility index (Phi) is 4.36. The van der Waals surface area contributed by atoms with Gasteiger partial charge in [-0.2, -0.15) is 11.8 Å². The molecule has 2 heterocycles. The summed E-state index contributed by atoms with van der Waals surface area (Å²) in [6.07, 6.45) is 3.43. The summed E-state index contributed by atoms with van der Waals surface area (Å²) in [6, 6.07) is 1.55. The Hall–Kier alpha value is -0.880. The van der Waals surface area contributed by atoms with Crippen LogP contribution in [0.2, 0.25) is 0 Å². The zero-order valence-corrected chi connectivity index (χ0v) is 12.4. The molecule has 0 aromatic heterocycles. The van der Waals surface area contributed by atoms with Gasteiger partial charge in [0.15, 0.2) is 11.6 Å². The minimum absolute atomic E-state index is 0.0162. The molecule has 2 saturated heterocycles. The Bertz CT molecular complexity index is 514. The summed E-state index contributed by atoms with van der Waals surface area (Å²) < 4.78 is 46.2. The van der Waals surface area contributed by atoms with E-state index in [0.717, 1.165) is 36.8 Å². The van der Waals surface area contributed by atoms with E-state index in [4.69, 9.17) is 4.74 Å². The molecular formula is C15H18F3NOS. The molecule has 2 aliphatic rings. The molecule has 0 bridgehead atoms. The third kappa shape index (κ3) is 3.31. The lowest BCUT2D eigenvalue weighted by atomic mass is 9.85. The van der Waals surface area contributed by atoms with E-state index in [1.54, 1.807) is 0 Å². The van der Waals surface area contributed by atoms with Gasteiger partial charge in [0.1, 0.15) is 5.82 Å². The fourth-order valence-corrected chi connectivity index (χ4v) is 4.36. The molecule has 2 aliphatic heterocycles. The topological polar surface area (TPSA) is 21.3 Å². The molecule has 6 heteroatoms. The summed E-state index contributed by atoms with van der Waals surface area (Å²) in [5.41, 5.74) is -0.247. The van der Waals surface area contributed by atoms with E-state index in [0.29, 0.717) is 19.1 Å². The Balaban J connectivity index is 1.73. The lowest BCUT2D eigenvalue weighted by molar-refractivity contribution is -0.0866. The quantitative estimate of drug-likeness (QED) is 0.834. The monoisotopic (exact) mass is 317 g/mol. The fraction of sp³-hybridized carbons (Fsp3) is 0.600. The Morgan fingerprint density at radius 3 is 2.71 bits per heavy atom. The normalized spacial score (nSPS) is 25.0. The van der Waals surface area contributed by atoms with Crippen LogP contribution in [0.25, 0.3) is 0 Å². The maximum absolute atomic E-state index is 13.7. The average molecular weight is 317 g/mol. The Labute approximate surface area is 126 Å². The summed E-state index contributed by atoms with van der Waals surface area (Å²) in [5, 5.41) is 2.96. The lowest BCUT2D eigenvalue weighted by Gasteiger charge is -2.43. The van der Waals surface area contributed by atoms with Crippen molar-refractivity contribution in [1.29, 1.82) is 0 Å². The first-order valence-corrected chi connectivity index (χ1v) is 8.36. The van der Waals surface area contributed by atoms with Crippen molar-refractivity contribution in [1.82, 2.24) is 0 Å². The molecule has 1 aromatic rings. The summed E-state index contributed by atoms with van der Waals surface area (Å²) >= 11 is 1.91. The highest BCUT2D eigenvalue weighted by Crippen LogP contribution is 2.38. The van der Waals surface area contributed by atoms with Crippen LogP contribution in [0.4, 0.5) is 18.9 Å². The van der Waals surface area contributed by atoms with Crippen LogP contribution in [0.5, 0.6) is 0 Å². The van der Waals surface area contributed by atoms with E-state index in [-0.39, 0.29) is 17.3 Å². The van der Waals surface area contributed by atoms with Gasteiger partial charge in [-0.15, -0.1) is 0 Å². The fourth-order valence-electron chi connectivity index (χ4n) is 3.12. The van der Waals surface area contributed by atoms with Crippen LogP contribution in [0.3, 0.4) is 0 Å². The minimum Gasteiger partial charge on any atom is -0.380 e. The second-order valence-corrected chi connectivity index (χ2v) is 6.95. The van der Waals surface area contributed by atoms with Gasteiger partial charge in [-0.05, 0) is 37.2 Å². The average Bonchev–Trinajstić information content (AvgIpc) is 2.45. The van der Waals surface area contributed by atoms with E-state index in [2.05, 4.69) is 5.32 Å². The largest absolute Gasteiger partial charge is 0.380 e. The number of hydrogen-bond donors (Lipinski definition) is 1. The molecule has 21 heavy (non-hydrogen) atoms. The number of benzene rings is 1. The minimum atomic E-state index is -1.16. The highest BCUT2D eigenvalue weighted by molar-refractivity contribution is 7.99. The van der Waals surface area contributed by atoms with Crippen molar-refractivity contribution < 1.29 is 17.9 Å². The first-order valence-electron chi connectivity index (χ1n) is 7.21. The number of rotatable bonds is 2. The standard InChI is InChI=1S/C15H18F3NOS/c16-10-7-12(17)14(18)13(8-10)19-11-1-4-20-15(9-11)2-5-21-6-3-15/h7-8,11,19H,1-6,9H2. The predicted octanol–water partition coefficient (Wildman–Crippen LogP) is 3.96. The first-order chi connectivity index (χ1) is 10.1. The van der Waals surface area contributed by atoms with Crippen LogP contribution in [0.1, 0.15) is 25.7 Å². The van der Waals surface area contributed by atoms with Gasteiger partial charge in [0.25, 0.3) is 0 Å². The zero-order valence-electron chi connectivity index (χ0n) is 11.6. The van der Waals surface area contributed by atoms with E-state index in [1.807, 2.05) is 11.8 Å². The SMILES string of the molecule is Fc1cc(F)c(F)c(NC2CCOC3(CCSCC3)C2)c1. The molecule has 0 aliphatic carbocycles. The number of halogens is 3. The molecule has 1 aromatic carbocycles. The molecule has 2 fully saturated rings. The maximum Gasteiger partial charge on any atom is 0.182 e. The second kappa shape index (κ2) is 6.08. The van der Waals surface area contributed by atoms with E-state index < -0.39 is 17.5 Å². The molecule has 1 N–H and O–H groups in total. The van der Waals surface area contributed by atoms with E-state index >= 15 is 0 Å². The molecule has 1 spiro atoms. The van der Waals surface area contributed by atoms with Crippen molar-refractivity contribution in [2.45, 2.75) is 37.3 Å². The van der Waals surface area contributed by atoms with Gasteiger partial charge in [-0.1, -0.05) is 0 Å². The zero-order chi connectivity index (χ0) is 14.9. The van der Waals surface area contributed by atoms with Gasteiger partial charge < -0.3 is 10.1 Å². The molecule has 0 saturated carbocycles. The molecule has 3 rings (SSSR count). The molecule has 116 valence electrons. The highest BCUT2D eigenvalue weighted by atomic mass is 32.2. The van der Waals surface area contributed by atoms with Crippen molar-refractivity contribution in [2.75, 3.05) is 23.4 Å². The van der Waals surface area contributed by atoms with Crippen LogP contribution in [0, 0.1) is 17.5 Å². The van der Waals surface area contributed by atoms with Gasteiger partial charge in [-0.3, -0.25) is 0 Å². The number of thioether (sulfide) groups is 1. The summed E-state index contributed by atoms with van der Waals surface area (Å²) in [7, 11) is 0. The summed E-state index contributed by atoms with van der Waals surface area (Å²) in [5.74, 6) is -0.817. The maximum atomic E-state index is 13.7. The van der Waals surface area contributed by atoms with Crippen LogP contribution in [-0.2, 0) is 4.74 Å². The van der Waals surface area contributed by atoms with Crippen molar-refractivity contribution in [3.8, 4) is 0 Å². The van der Waals surface area contributed by atoms with Gasteiger partial charge in [0.05, 0.1) is 11.3 Å².